The normalized spacial score (nSPS) is 26.4. The van der Waals surface area contributed by atoms with Gasteiger partial charge in [-0.15, -0.1) is 0 Å². The van der Waals surface area contributed by atoms with Gasteiger partial charge >= 0.3 is 5.97 Å². The zero-order valence-corrected chi connectivity index (χ0v) is 12.2. The van der Waals surface area contributed by atoms with Gasteiger partial charge in [0.2, 0.25) is 5.76 Å². The van der Waals surface area contributed by atoms with Gasteiger partial charge in [-0.2, -0.15) is 0 Å². The van der Waals surface area contributed by atoms with Gasteiger partial charge in [-0.1, -0.05) is 48.5 Å². The smallest absolute Gasteiger partial charge is 0.374 e. The van der Waals surface area contributed by atoms with Crippen LogP contribution in [-0.2, 0) is 20.3 Å². The molecule has 1 unspecified atom stereocenters. The first-order valence-corrected chi connectivity index (χ1v) is 8.08. The largest absolute Gasteiger partial charge is 0.502 e. The van der Waals surface area contributed by atoms with Crippen molar-refractivity contribution in [1.82, 2.24) is 0 Å². The third kappa shape index (κ3) is 1.75. The van der Waals surface area contributed by atoms with Crippen molar-refractivity contribution in [2.75, 3.05) is 0 Å². The van der Waals surface area contributed by atoms with Crippen LogP contribution in [0.15, 0.2) is 70.8 Å². The van der Waals surface area contributed by atoms with Crippen molar-refractivity contribution >= 4 is 16.8 Å². The molecule has 0 aliphatic carbocycles. The van der Waals surface area contributed by atoms with Crippen LogP contribution in [0.3, 0.4) is 0 Å². The Hall–Kier alpha value is -2.40. The number of benzene rings is 2. The van der Waals surface area contributed by atoms with Crippen LogP contribution in [0.2, 0.25) is 0 Å². The monoisotopic (exact) mass is 312 g/mol. The quantitative estimate of drug-likeness (QED) is 0.822. The van der Waals surface area contributed by atoms with Crippen molar-refractivity contribution in [3.05, 3.63) is 77.1 Å². The van der Waals surface area contributed by atoms with Gasteiger partial charge < -0.3 is 9.84 Å². The van der Waals surface area contributed by atoms with E-state index in [2.05, 4.69) is 0 Å². The summed E-state index contributed by atoms with van der Waals surface area (Å²) in [5.41, 5.74) is 1.87. The van der Waals surface area contributed by atoms with Crippen LogP contribution in [0, 0.1) is 0 Å². The molecule has 4 nitrogen and oxygen atoms in total. The van der Waals surface area contributed by atoms with Crippen LogP contribution in [0.4, 0.5) is 0 Å². The highest BCUT2D eigenvalue weighted by molar-refractivity contribution is 7.85. The number of hydrogen-bond acceptors (Lipinski definition) is 4. The highest BCUT2D eigenvalue weighted by atomic mass is 32.2. The Morgan fingerprint density at radius 3 is 2.45 bits per heavy atom. The number of fused-ring (bicyclic) bond motifs is 3. The van der Waals surface area contributed by atoms with E-state index in [0.29, 0.717) is 16.0 Å². The maximum absolute atomic E-state index is 13.0. The Balaban J connectivity index is 1.99. The number of hydrogen-bond donors (Lipinski definition) is 1. The molecule has 2 aliphatic heterocycles. The molecular formula is C17H12O4S. The maximum atomic E-state index is 13.0. The maximum Gasteiger partial charge on any atom is 0.374 e. The zero-order valence-electron chi connectivity index (χ0n) is 11.4. The lowest BCUT2D eigenvalue weighted by Gasteiger charge is -2.29. The molecule has 2 aromatic carbocycles. The fourth-order valence-corrected chi connectivity index (χ4v) is 4.76. The summed E-state index contributed by atoms with van der Waals surface area (Å²) < 4.78 is 18.3. The van der Waals surface area contributed by atoms with Crippen molar-refractivity contribution in [2.45, 2.75) is 16.2 Å². The molecule has 2 aliphatic rings. The Bertz CT molecular complexity index is 826. The first-order chi connectivity index (χ1) is 10.7. The number of carbonyl (C=O) groups is 1. The minimum Gasteiger partial charge on any atom is -0.502 e. The molecular weight excluding hydrogens is 300 g/mol. The van der Waals surface area contributed by atoms with Crippen LogP contribution in [-0.4, -0.2) is 15.3 Å². The number of ether oxygens (including phenoxy) is 1. The van der Waals surface area contributed by atoms with E-state index in [4.69, 9.17) is 4.74 Å². The van der Waals surface area contributed by atoms with Crippen molar-refractivity contribution < 1.29 is 18.8 Å². The van der Waals surface area contributed by atoms with Crippen molar-refractivity contribution in [2.24, 2.45) is 0 Å². The molecule has 0 amide bonds. The van der Waals surface area contributed by atoms with Gasteiger partial charge in [-0.25, -0.2) is 4.79 Å². The summed E-state index contributed by atoms with van der Waals surface area (Å²) in [6, 6.07) is 16.4. The van der Waals surface area contributed by atoms with E-state index < -0.39 is 33.9 Å². The number of esters is 1. The first-order valence-electron chi connectivity index (χ1n) is 6.87. The molecule has 0 bridgehead atoms. The predicted octanol–water partition coefficient (Wildman–Crippen LogP) is 2.96. The van der Waals surface area contributed by atoms with E-state index in [1.165, 1.54) is 0 Å². The van der Waals surface area contributed by atoms with Gasteiger partial charge in [-0.05, 0) is 11.6 Å². The van der Waals surface area contributed by atoms with E-state index in [1.54, 1.807) is 18.2 Å². The van der Waals surface area contributed by atoms with Gasteiger partial charge in [0.1, 0.15) is 0 Å². The number of rotatable bonds is 1. The van der Waals surface area contributed by atoms with Crippen LogP contribution in [0.1, 0.15) is 22.5 Å². The molecule has 110 valence electrons. The van der Waals surface area contributed by atoms with Gasteiger partial charge in [0.15, 0.2) is 6.10 Å². The summed E-state index contributed by atoms with van der Waals surface area (Å²) >= 11 is 0. The Kier molecular flexibility index (Phi) is 2.90. The van der Waals surface area contributed by atoms with Crippen LogP contribution < -0.4 is 0 Å². The van der Waals surface area contributed by atoms with Crippen molar-refractivity contribution in [1.29, 1.82) is 0 Å². The van der Waals surface area contributed by atoms with Crippen molar-refractivity contribution in [3.63, 3.8) is 0 Å². The van der Waals surface area contributed by atoms with Crippen LogP contribution >= 0.6 is 0 Å². The lowest BCUT2D eigenvalue weighted by Crippen LogP contribution is -2.22. The summed E-state index contributed by atoms with van der Waals surface area (Å²) in [6.07, 6.45) is -0.661. The highest BCUT2D eigenvalue weighted by Crippen LogP contribution is 2.51. The van der Waals surface area contributed by atoms with Crippen molar-refractivity contribution in [3.8, 4) is 0 Å². The highest BCUT2D eigenvalue weighted by Gasteiger charge is 2.47. The molecule has 0 spiro atoms. The molecule has 3 atom stereocenters. The van der Waals surface area contributed by atoms with Gasteiger partial charge in [0, 0.05) is 16.0 Å². The number of carbonyl (C=O) groups excluding carboxylic acids is 1. The second-order valence-electron chi connectivity index (χ2n) is 5.22. The molecule has 0 radical (unpaired) electrons. The summed E-state index contributed by atoms with van der Waals surface area (Å²) in [6.45, 7) is 0. The van der Waals surface area contributed by atoms with Gasteiger partial charge in [0.25, 0.3) is 0 Å². The third-order valence-electron chi connectivity index (χ3n) is 3.99. The van der Waals surface area contributed by atoms with Gasteiger partial charge in [-0.3, -0.25) is 4.21 Å². The van der Waals surface area contributed by atoms with Crippen LogP contribution in [0.25, 0.3) is 0 Å². The number of aliphatic hydroxyl groups is 1. The molecule has 0 saturated heterocycles. The third-order valence-corrected chi connectivity index (χ3v) is 5.75. The Labute approximate surface area is 129 Å². The molecule has 1 N–H and O–H groups in total. The average Bonchev–Trinajstić information content (AvgIpc) is 2.85. The van der Waals surface area contributed by atoms with E-state index in [-0.39, 0.29) is 0 Å². The minimum absolute atomic E-state index is 0.397. The topological polar surface area (TPSA) is 63.6 Å². The lowest BCUT2D eigenvalue weighted by molar-refractivity contribution is -0.142. The molecule has 22 heavy (non-hydrogen) atoms. The Morgan fingerprint density at radius 1 is 1.00 bits per heavy atom. The second kappa shape index (κ2) is 4.81. The Morgan fingerprint density at radius 2 is 1.68 bits per heavy atom. The molecule has 0 fully saturated rings. The second-order valence-corrected chi connectivity index (χ2v) is 6.72. The van der Waals surface area contributed by atoms with E-state index in [9.17, 15) is 14.1 Å². The van der Waals surface area contributed by atoms with E-state index in [0.717, 1.165) is 5.56 Å². The molecule has 0 saturated carbocycles. The summed E-state index contributed by atoms with van der Waals surface area (Å²) in [4.78, 5) is 12.5. The fraction of sp³-hybridized carbons (Fsp3) is 0.118. The first kappa shape index (κ1) is 13.3. The molecule has 2 heterocycles. The predicted molar refractivity (Wildman–Crippen MR) is 80.5 cm³/mol. The zero-order chi connectivity index (χ0) is 15.3. The molecule has 2 aromatic rings. The summed E-state index contributed by atoms with van der Waals surface area (Å²) in [5, 5.41) is 9.56. The van der Waals surface area contributed by atoms with E-state index in [1.807, 2.05) is 36.4 Å². The number of aliphatic hydroxyl groups excluding tert-OH is 1. The van der Waals surface area contributed by atoms with Crippen LogP contribution in [0.5, 0.6) is 0 Å². The van der Waals surface area contributed by atoms with Gasteiger partial charge in [0.05, 0.1) is 16.0 Å². The fourth-order valence-electron chi connectivity index (χ4n) is 3.01. The SMILES string of the molecule is O=C1O[C@@H]2C(=C1O)[C@H](c1ccccc1)S(=O)c1ccccc12. The lowest BCUT2D eigenvalue weighted by atomic mass is 9.94. The summed E-state index contributed by atoms with van der Waals surface area (Å²) in [5.74, 6) is -1.17. The molecule has 0 aromatic heterocycles. The molecule has 4 rings (SSSR count). The van der Waals surface area contributed by atoms with E-state index >= 15 is 0 Å². The molecule has 5 heteroatoms. The summed E-state index contributed by atoms with van der Waals surface area (Å²) in [7, 11) is -1.40. The average molecular weight is 312 g/mol. The standard InChI is InChI=1S/C17H12O4S/c18-14-13-15(21-17(14)19)11-8-4-5-9-12(11)22(20)16(13)10-6-2-1-3-7-10/h1-9,15-16,18H/t15-,16-,22?/m0/s1. The minimum atomic E-state index is -1.40.